The molecule has 0 spiro atoms. The van der Waals surface area contributed by atoms with Crippen LogP contribution in [-0.4, -0.2) is 30.6 Å². The highest BCUT2D eigenvalue weighted by molar-refractivity contribution is 5.18. The Labute approximate surface area is 118 Å². The maximum atomic E-state index is 3.79. The molecule has 0 aliphatic carbocycles. The summed E-state index contributed by atoms with van der Waals surface area (Å²) in [7, 11) is 0. The summed E-state index contributed by atoms with van der Waals surface area (Å²) in [4.78, 5) is 2.62. The Morgan fingerprint density at radius 3 is 2.53 bits per heavy atom. The molecule has 2 rings (SSSR count). The van der Waals surface area contributed by atoms with Crippen molar-refractivity contribution in [1.29, 1.82) is 0 Å². The van der Waals surface area contributed by atoms with Gasteiger partial charge in [0, 0.05) is 12.1 Å². The fraction of sp³-hybridized carbons (Fsp3) is 0.647. The average molecular weight is 260 g/mol. The lowest BCUT2D eigenvalue weighted by Crippen LogP contribution is -2.43. The molecule has 0 bridgehead atoms. The van der Waals surface area contributed by atoms with Crippen LogP contribution in [0.15, 0.2) is 30.3 Å². The molecule has 0 radical (unpaired) electrons. The Kier molecular flexibility index (Phi) is 5.87. The van der Waals surface area contributed by atoms with Gasteiger partial charge in [-0.1, -0.05) is 43.7 Å². The molecule has 1 aliphatic heterocycles. The summed E-state index contributed by atoms with van der Waals surface area (Å²) in [6, 6.07) is 11.9. The van der Waals surface area contributed by atoms with Crippen LogP contribution in [0.5, 0.6) is 0 Å². The van der Waals surface area contributed by atoms with Crippen molar-refractivity contribution in [3.63, 3.8) is 0 Å². The summed E-state index contributed by atoms with van der Waals surface area (Å²) in [5.41, 5.74) is 1.40. The van der Waals surface area contributed by atoms with Gasteiger partial charge in [0.15, 0.2) is 0 Å². The van der Waals surface area contributed by atoms with E-state index in [2.05, 4.69) is 54.4 Å². The van der Waals surface area contributed by atoms with E-state index in [-0.39, 0.29) is 0 Å². The van der Waals surface area contributed by atoms with Crippen LogP contribution in [0.25, 0.3) is 0 Å². The van der Waals surface area contributed by atoms with E-state index in [9.17, 15) is 0 Å². The Bertz CT molecular complexity index is 342. The standard InChI is InChI=1S/C17H28N2/c1-3-4-12-19-13-10-17(11-14-19)18-15(2)16-8-6-5-7-9-16/h5-9,15,17-18H,3-4,10-14H2,1-2H3. The number of nitrogens with zero attached hydrogens (tertiary/aromatic N) is 1. The number of benzene rings is 1. The number of rotatable bonds is 6. The second kappa shape index (κ2) is 7.66. The van der Waals surface area contributed by atoms with Gasteiger partial charge in [-0.3, -0.25) is 0 Å². The zero-order chi connectivity index (χ0) is 13.5. The molecular weight excluding hydrogens is 232 g/mol. The SMILES string of the molecule is CCCCN1CCC(NC(C)c2ccccc2)CC1. The summed E-state index contributed by atoms with van der Waals surface area (Å²) < 4.78 is 0. The summed E-state index contributed by atoms with van der Waals surface area (Å²) in [6.07, 6.45) is 5.24. The topological polar surface area (TPSA) is 15.3 Å². The fourth-order valence-electron chi connectivity index (χ4n) is 2.90. The molecule has 2 nitrogen and oxygen atoms in total. The quantitative estimate of drug-likeness (QED) is 0.840. The van der Waals surface area contributed by atoms with Crippen LogP contribution < -0.4 is 5.32 Å². The number of hydrogen-bond donors (Lipinski definition) is 1. The number of piperidine rings is 1. The van der Waals surface area contributed by atoms with Gasteiger partial charge in [-0.25, -0.2) is 0 Å². The van der Waals surface area contributed by atoms with E-state index in [0.717, 1.165) is 0 Å². The third-order valence-electron chi connectivity index (χ3n) is 4.20. The van der Waals surface area contributed by atoms with E-state index in [4.69, 9.17) is 0 Å². The molecule has 0 amide bonds. The molecule has 19 heavy (non-hydrogen) atoms. The fourth-order valence-corrected chi connectivity index (χ4v) is 2.90. The van der Waals surface area contributed by atoms with Gasteiger partial charge >= 0.3 is 0 Å². The molecule has 1 aromatic carbocycles. The Morgan fingerprint density at radius 2 is 1.89 bits per heavy atom. The van der Waals surface area contributed by atoms with Crippen molar-refractivity contribution in [2.75, 3.05) is 19.6 Å². The minimum Gasteiger partial charge on any atom is -0.307 e. The molecule has 1 atom stereocenters. The Morgan fingerprint density at radius 1 is 1.21 bits per heavy atom. The molecule has 1 saturated heterocycles. The minimum absolute atomic E-state index is 0.466. The van der Waals surface area contributed by atoms with Crippen molar-refractivity contribution in [2.24, 2.45) is 0 Å². The highest BCUT2D eigenvalue weighted by Crippen LogP contribution is 2.17. The molecule has 1 unspecified atom stereocenters. The van der Waals surface area contributed by atoms with Crippen molar-refractivity contribution in [3.05, 3.63) is 35.9 Å². The van der Waals surface area contributed by atoms with Gasteiger partial charge in [-0.05, 0) is 51.4 Å². The Hall–Kier alpha value is -0.860. The zero-order valence-electron chi connectivity index (χ0n) is 12.4. The molecule has 1 N–H and O–H groups in total. The normalized spacial score (nSPS) is 19.5. The zero-order valence-corrected chi connectivity index (χ0v) is 12.4. The van der Waals surface area contributed by atoms with Crippen LogP contribution in [0.1, 0.15) is 51.1 Å². The predicted octanol–water partition coefficient (Wildman–Crippen LogP) is 3.60. The van der Waals surface area contributed by atoms with Crippen LogP contribution in [0.3, 0.4) is 0 Å². The van der Waals surface area contributed by atoms with Gasteiger partial charge in [0.25, 0.3) is 0 Å². The smallest absolute Gasteiger partial charge is 0.0294 e. The first-order valence-electron chi connectivity index (χ1n) is 7.83. The summed E-state index contributed by atoms with van der Waals surface area (Å²) in [6.45, 7) is 8.37. The number of unbranched alkanes of at least 4 members (excludes halogenated alkanes) is 1. The molecule has 2 heteroatoms. The van der Waals surface area contributed by atoms with Crippen molar-refractivity contribution in [3.8, 4) is 0 Å². The van der Waals surface area contributed by atoms with Crippen LogP contribution in [0, 0.1) is 0 Å². The molecule has 0 saturated carbocycles. The van der Waals surface area contributed by atoms with Gasteiger partial charge < -0.3 is 10.2 Å². The lowest BCUT2D eigenvalue weighted by Gasteiger charge is -2.34. The summed E-state index contributed by atoms with van der Waals surface area (Å²) in [5.74, 6) is 0. The first-order valence-corrected chi connectivity index (χ1v) is 7.83. The Balaban J connectivity index is 1.73. The van der Waals surface area contributed by atoms with Gasteiger partial charge in [0.2, 0.25) is 0 Å². The van der Waals surface area contributed by atoms with Crippen LogP contribution in [0.4, 0.5) is 0 Å². The van der Waals surface area contributed by atoms with E-state index < -0.39 is 0 Å². The van der Waals surface area contributed by atoms with Crippen LogP contribution in [0.2, 0.25) is 0 Å². The third kappa shape index (κ3) is 4.63. The molecule has 106 valence electrons. The maximum Gasteiger partial charge on any atom is 0.0294 e. The molecule has 1 aromatic rings. The molecule has 1 fully saturated rings. The largest absolute Gasteiger partial charge is 0.307 e. The van der Waals surface area contributed by atoms with Crippen molar-refractivity contribution >= 4 is 0 Å². The minimum atomic E-state index is 0.466. The van der Waals surface area contributed by atoms with Gasteiger partial charge in [-0.15, -0.1) is 0 Å². The molecular formula is C17H28N2. The number of nitrogens with one attached hydrogen (secondary N) is 1. The van der Waals surface area contributed by atoms with E-state index in [1.54, 1.807) is 0 Å². The number of hydrogen-bond acceptors (Lipinski definition) is 2. The second-order valence-corrected chi connectivity index (χ2v) is 5.77. The first-order chi connectivity index (χ1) is 9.29. The van der Waals surface area contributed by atoms with E-state index in [1.165, 1.54) is 50.9 Å². The van der Waals surface area contributed by atoms with Crippen LogP contribution >= 0.6 is 0 Å². The number of likely N-dealkylation sites (tertiary alicyclic amines) is 1. The lowest BCUT2D eigenvalue weighted by atomic mass is 10.0. The van der Waals surface area contributed by atoms with E-state index in [0.29, 0.717) is 12.1 Å². The highest BCUT2D eigenvalue weighted by atomic mass is 15.1. The molecule has 1 aliphatic rings. The molecule has 1 heterocycles. The van der Waals surface area contributed by atoms with E-state index in [1.807, 2.05) is 0 Å². The van der Waals surface area contributed by atoms with Crippen LogP contribution in [-0.2, 0) is 0 Å². The highest BCUT2D eigenvalue weighted by Gasteiger charge is 2.20. The van der Waals surface area contributed by atoms with Gasteiger partial charge in [0.05, 0.1) is 0 Å². The summed E-state index contributed by atoms with van der Waals surface area (Å²) >= 11 is 0. The third-order valence-corrected chi connectivity index (χ3v) is 4.20. The van der Waals surface area contributed by atoms with Crippen molar-refractivity contribution < 1.29 is 0 Å². The maximum absolute atomic E-state index is 3.79. The van der Waals surface area contributed by atoms with Gasteiger partial charge in [0.1, 0.15) is 0 Å². The average Bonchev–Trinajstić information content (AvgIpc) is 2.47. The second-order valence-electron chi connectivity index (χ2n) is 5.77. The first kappa shape index (κ1) is 14.5. The van der Waals surface area contributed by atoms with Crippen molar-refractivity contribution in [2.45, 2.75) is 51.6 Å². The van der Waals surface area contributed by atoms with Crippen molar-refractivity contribution in [1.82, 2.24) is 10.2 Å². The molecule has 0 aromatic heterocycles. The van der Waals surface area contributed by atoms with E-state index >= 15 is 0 Å². The lowest BCUT2D eigenvalue weighted by molar-refractivity contribution is 0.190. The predicted molar refractivity (Wildman–Crippen MR) is 82.4 cm³/mol. The summed E-state index contributed by atoms with van der Waals surface area (Å²) in [5, 5.41) is 3.79. The monoisotopic (exact) mass is 260 g/mol. The van der Waals surface area contributed by atoms with Gasteiger partial charge in [-0.2, -0.15) is 0 Å².